The Balaban J connectivity index is 1.24. The van der Waals surface area contributed by atoms with E-state index in [4.69, 9.17) is 20.8 Å². The Labute approximate surface area is 209 Å². The number of fused-ring (bicyclic) bond motifs is 2. The normalized spacial score (nSPS) is 12.0. The summed E-state index contributed by atoms with van der Waals surface area (Å²) in [7, 11) is 0. The van der Waals surface area contributed by atoms with Gasteiger partial charge in [-0.2, -0.15) is 0 Å². The summed E-state index contributed by atoms with van der Waals surface area (Å²) in [5, 5.41) is 14.8. The first kappa shape index (κ1) is 22.8. The van der Waals surface area contributed by atoms with E-state index in [0.29, 0.717) is 17.1 Å². The number of para-hydroxylation sites is 1. The third kappa shape index (κ3) is 5.08. The fourth-order valence-corrected chi connectivity index (χ4v) is 4.65. The number of anilines is 2. The summed E-state index contributed by atoms with van der Waals surface area (Å²) in [6.45, 7) is -0.0140. The summed E-state index contributed by atoms with van der Waals surface area (Å²) in [6, 6.07) is 21.1. The molecule has 9 heteroatoms. The fraction of sp³-hybridized carbons (Fsp3) is 0.0385. The van der Waals surface area contributed by atoms with E-state index >= 15 is 0 Å². The highest BCUT2D eigenvalue weighted by atomic mass is 35.5. The van der Waals surface area contributed by atoms with Crippen molar-refractivity contribution in [3.05, 3.63) is 111 Å². The third-order valence-corrected chi connectivity index (χ3v) is 6.60. The van der Waals surface area contributed by atoms with Gasteiger partial charge in [-0.1, -0.05) is 35.5 Å². The molecule has 2 heterocycles. The Morgan fingerprint density at radius 3 is 2.74 bits per heavy atom. The van der Waals surface area contributed by atoms with Crippen LogP contribution >= 0.6 is 23.4 Å². The molecule has 3 aromatic carbocycles. The number of benzene rings is 3. The van der Waals surface area contributed by atoms with Gasteiger partial charge in [-0.25, -0.2) is 0 Å². The standard InChI is InChI=1S/C26H17ClN2O5S/c27-17-6-11-24(22(14-17)29(31)32)33-15-19-8-7-18(34-19)9-10-23(30)16-5-12-26-21(13-16)28-20-3-1-2-4-25(20)35-26/h1-14,28H,15H2/b10-9+. The summed E-state index contributed by atoms with van der Waals surface area (Å²) < 4.78 is 11.2. The number of halogens is 1. The summed E-state index contributed by atoms with van der Waals surface area (Å²) in [5.41, 5.74) is 2.23. The molecule has 0 atom stereocenters. The molecule has 0 unspecified atom stereocenters. The first-order valence-corrected chi connectivity index (χ1v) is 11.7. The van der Waals surface area contributed by atoms with Crippen LogP contribution in [-0.2, 0) is 6.61 Å². The van der Waals surface area contributed by atoms with E-state index in [1.54, 1.807) is 36.0 Å². The van der Waals surface area contributed by atoms with Gasteiger partial charge in [-0.3, -0.25) is 14.9 Å². The molecule has 0 aliphatic carbocycles. The van der Waals surface area contributed by atoms with Crippen molar-refractivity contribution in [3.63, 3.8) is 0 Å². The maximum absolute atomic E-state index is 12.7. The molecule has 5 rings (SSSR count). The number of nitrogens with one attached hydrogen (secondary N) is 1. The van der Waals surface area contributed by atoms with E-state index < -0.39 is 4.92 Å². The highest BCUT2D eigenvalue weighted by Crippen LogP contribution is 2.44. The van der Waals surface area contributed by atoms with Gasteiger partial charge in [0.1, 0.15) is 18.1 Å². The average molecular weight is 505 g/mol. The highest BCUT2D eigenvalue weighted by Gasteiger charge is 2.18. The topological polar surface area (TPSA) is 94.6 Å². The smallest absolute Gasteiger partial charge is 0.312 e. The van der Waals surface area contributed by atoms with Crippen LogP contribution in [0.2, 0.25) is 5.02 Å². The van der Waals surface area contributed by atoms with Gasteiger partial charge in [0.05, 0.1) is 16.3 Å². The molecule has 0 saturated carbocycles. The molecule has 1 aliphatic heterocycles. The lowest BCUT2D eigenvalue weighted by atomic mass is 10.1. The number of nitro benzene ring substituents is 1. The SMILES string of the molecule is O=C(/C=C/c1ccc(COc2ccc(Cl)cc2[N+](=O)[O-])o1)c1ccc2c(c1)Nc1ccccc1S2. The Morgan fingerprint density at radius 1 is 1.06 bits per heavy atom. The van der Waals surface area contributed by atoms with Gasteiger partial charge in [0, 0.05) is 26.4 Å². The van der Waals surface area contributed by atoms with Crippen LogP contribution in [0.15, 0.2) is 93.1 Å². The van der Waals surface area contributed by atoms with Crippen LogP contribution in [-0.4, -0.2) is 10.7 Å². The zero-order chi connectivity index (χ0) is 24.4. The van der Waals surface area contributed by atoms with Crippen molar-refractivity contribution in [2.24, 2.45) is 0 Å². The minimum Gasteiger partial charge on any atom is -0.479 e. The number of furan rings is 1. The van der Waals surface area contributed by atoms with Crippen LogP contribution in [0, 0.1) is 10.1 Å². The number of ketones is 1. The van der Waals surface area contributed by atoms with Crippen molar-refractivity contribution >= 4 is 52.3 Å². The molecule has 174 valence electrons. The number of rotatable bonds is 7. The number of nitrogens with zero attached hydrogens (tertiary/aromatic N) is 1. The summed E-state index contributed by atoms with van der Waals surface area (Å²) in [6.07, 6.45) is 3.02. The second-order valence-electron chi connectivity index (χ2n) is 7.59. The predicted octanol–water partition coefficient (Wildman–Crippen LogP) is 7.52. The fourth-order valence-electron chi connectivity index (χ4n) is 3.51. The van der Waals surface area contributed by atoms with E-state index in [-0.39, 0.29) is 28.8 Å². The lowest BCUT2D eigenvalue weighted by Crippen LogP contribution is -2.02. The van der Waals surface area contributed by atoms with Gasteiger partial charge < -0.3 is 14.5 Å². The lowest BCUT2D eigenvalue weighted by Gasteiger charge is -2.20. The van der Waals surface area contributed by atoms with Crippen molar-refractivity contribution in [1.82, 2.24) is 0 Å². The number of nitro groups is 1. The monoisotopic (exact) mass is 504 g/mol. The number of ether oxygens (including phenoxy) is 1. The Morgan fingerprint density at radius 2 is 1.89 bits per heavy atom. The van der Waals surface area contributed by atoms with Crippen molar-refractivity contribution < 1.29 is 18.9 Å². The quantitative estimate of drug-likeness (QED) is 0.106. The van der Waals surface area contributed by atoms with Crippen molar-refractivity contribution in [3.8, 4) is 5.75 Å². The number of hydrogen-bond donors (Lipinski definition) is 1. The summed E-state index contributed by atoms with van der Waals surface area (Å²) >= 11 is 7.48. The third-order valence-electron chi connectivity index (χ3n) is 5.21. The van der Waals surface area contributed by atoms with Gasteiger partial charge >= 0.3 is 5.69 Å². The minimum atomic E-state index is -0.559. The Bertz CT molecular complexity index is 1480. The van der Waals surface area contributed by atoms with Gasteiger partial charge in [0.2, 0.25) is 0 Å². The molecule has 0 amide bonds. The van der Waals surface area contributed by atoms with Crippen LogP contribution in [0.1, 0.15) is 21.9 Å². The van der Waals surface area contributed by atoms with Crippen LogP contribution in [0.4, 0.5) is 17.1 Å². The molecule has 0 radical (unpaired) electrons. The van der Waals surface area contributed by atoms with E-state index in [9.17, 15) is 14.9 Å². The first-order valence-electron chi connectivity index (χ1n) is 10.5. The number of carbonyl (C=O) groups is 1. The van der Waals surface area contributed by atoms with Crippen LogP contribution in [0.5, 0.6) is 5.75 Å². The molecular weight excluding hydrogens is 488 g/mol. The first-order chi connectivity index (χ1) is 17.0. The molecule has 0 fully saturated rings. The maximum Gasteiger partial charge on any atom is 0.312 e. The molecule has 0 bridgehead atoms. The van der Waals surface area contributed by atoms with Crippen molar-refractivity contribution in [2.45, 2.75) is 16.4 Å². The maximum atomic E-state index is 12.7. The van der Waals surface area contributed by atoms with E-state index in [0.717, 1.165) is 21.2 Å². The van der Waals surface area contributed by atoms with Crippen LogP contribution < -0.4 is 10.1 Å². The molecule has 4 aromatic rings. The summed E-state index contributed by atoms with van der Waals surface area (Å²) in [4.78, 5) is 25.6. The van der Waals surface area contributed by atoms with E-state index in [1.165, 1.54) is 24.3 Å². The predicted molar refractivity (Wildman–Crippen MR) is 135 cm³/mol. The van der Waals surface area contributed by atoms with Crippen molar-refractivity contribution in [2.75, 3.05) is 5.32 Å². The molecule has 1 aliphatic rings. The number of hydrogen-bond acceptors (Lipinski definition) is 7. The molecular formula is C26H17ClN2O5S. The van der Waals surface area contributed by atoms with Crippen LogP contribution in [0.3, 0.4) is 0 Å². The van der Waals surface area contributed by atoms with E-state index in [2.05, 4.69) is 11.4 Å². The molecule has 0 saturated heterocycles. The molecule has 0 spiro atoms. The van der Waals surface area contributed by atoms with Crippen molar-refractivity contribution in [1.29, 1.82) is 0 Å². The van der Waals surface area contributed by atoms with E-state index in [1.807, 2.05) is 30.3 Å². The molecule has 1 aromatic heterocycles. The highest BCUT2D eigenvalue weighted by molar-refractivity contribution is 7.99. The largest absolute Gasteiger partial charge is 0.479 e. The lowest BCUT2D eigenvalue weighted by molar-refractivity contribution is -0.385. The zero-order valence-corrected chi connectivity index (χ0v) is 19.6. The van der Waals surface area contributed by atoms with Gasteiger partial charge in [-0.05, 0) is 66.7 Å². The molecule has 1 N–H and O–H groups in total. The second-order valence-corrected chi connectivity index (χ2v) is 9.11. The molecule has 7 nitrogen and oxygen atoms in total. The summed E-state index contributed by atoms with van der Waals surface area (Å²) in [5.74, 6) is 0.840. The Hall–Kier alpha value is -4.01. The van der Waals surface area contributed by atoms with Gasteiger partial charge in [0.15, 0.2) is 11.5 Å². The molecule has 35 heavy (non-hydrogen) atoms. The van der Waals surface area contributed by atoms with Gasteiger partial charge in [-0.15, -0.1) is 0 Å². The minimum absolute atomic E-state index is 0.0140. The number of allylic oxidation sites excluding steroid dienone is 1. The Kier molecular flexibility index (Phi) is 6.31. The average Bonchev–Trinajstić information content (AvgIpc) is 3.32. The van der Waals surface area contributed by atoms with Crippen LogP contribution in [0.25, 0.3) is 6.08 Å². The number of carbonyl (C=O) groups excluding carboxylic acids is 1. The second kappa shape index (κ2) is 9.69. The van der Waals surface area contributed by atoms with Gasteiger partial charge in [0.25, 0.3) is 0 Å². The zero-order valence-electron chi connectivity index (χ0n) is 18.1.